The summed E-state index contributed by atoms with van der Waals surface area (Å²) >= 11 is 1.88. The van der Waals surface area contributed by atoms with Gasteiger partial charge >= 0.3 is 0 Å². The zero-order valence-corrected chi connectivity index (χ0v) is 8.89. The first-order valence-corrected chi connectivity index (χ1v) is 5.88. The van der Waals surface area contributed by atoms with E-state index in [0.717, 1.165) is 12.2 Å². The minimum Gasteiger partial charge on any atom is -0.198 e. The van der Waals surface area contributed by atoms with Gasteiger partial charge in [-0.05, 0) is 30.4 Å². The monoisotopic (exact) mass is 203 g/mol. The number of hydrogen-bond acceptors (Lipinski definition) is 2. The largest absolute Gasteiger partial charge is 0.198 e. The normalized spacial score (nSPS) is 17.4. The maximum Gasteiger partial charge on any atom is 0.0627 e. The minimum atomic E-state index is 0.356. The van der Waals surface area contributed by atoms with Gasteiger partial charge in [0, 0.05) is 17.1 Å². The Labute approximate surface area is 89.1 Å². The Hall–Kier alpha value is -0.940. The highest BCUT2D eigenvalue weighted by molar-refractivity contribution is 7.99. The van der Waals surface area contributed by atoms with Crippen LogP contribution in [0.5, 0.6) is 0 Å². The SMILES string of the molecule is N#CCC1(CSc2ccccc2)CC1. The molecule has 0 atom stereocenters. The van der Waals surface area contributed by atoms with Gasteiger partial charge in [0.1, 0.15) is 0 Å². The van der Waals surface area contributed by atoms with E-state index in [1.807, 2.05) is 17.8 Å². The van der Waals surface area contributed by atoms with E-state index in [1.54, 1.807) is 0 Å². The molecule has 0 spiro atoms. The van der Waals surface area contributed by atoms with Gasteiger partial charge in [0.15, 0.2) is 0 Å². The highest BCUT2D eigenvalue weighted by atomic mass is 32.2. The predicted octanol–water partition coefficient (Wildman–Crippen LogP) is 3.47. The molecule has 2 heteroatoms. The number of hydrogen-bond donors (Lipinski definition) is 0. The van der Waals surface area contributed by atoms with Crippen LogP contribution < -0.4 is 0 Å². The Kier molecular flexibility index (Phi) is 2.79. The number of nitrogens with zero attached hydrogens (tertiary/aromatic N) is 1. The molecular formula is C12H13NS. The van der Waals surface area contributed by atoms with Crippen molar-refractivity contribution in [3.05, 3.63) is 30.3 Å². The highest BCUT2D eigenvalue weighted by Crippen LogP contribution is 2.51. The van der Waals surface area contributed by atoms with Crippen molar-refractivity contribution >= 4 is 11.8 Å². The van der Waals surface area contributed by atoms with Gasteiger partial charge in [-0.2, -0.15) is 5.26 Å². The van der Waals surface area contributed by atoms with E-state index in [9.17, 15) is 0 Å². The summed E-state index contributed by atoms with van der Waals surface area (Å²) in [6, 6.07) is 12.7. The summed E-state index contributed by atoms with van der Waals surface area (Å²) < 4.78 is 0. The average Bonchev–Trinajstić information content (AvgIpc) is 2.98. The van der Waals surface area contributed by atoms with Crippen LogP contribution in [0.15, 0.2) is 35.2 Å². The molecule has 2 rings (SSSR count). The third kappa shape index (κ3) is 2.30. The van der Waals surface area contributed by atoms with Crippen LogP contribution in [0, 0.1) is 16.7 Å². The summed E-state index contributed by atoms with van der Waals surface area (Å²) in [7, 11) is 0. The number of nitriles is 1. The molecule has 0 N–H and O–H groups in total. The molecule has 0 radical (unpaired) electrons. The van der Waals surface area contributed by atoms with Gasteiger partial charge in [-0.25, -0.2) is 0 Å². The molecule has 0 saturated heterocycles. The number of thioether (sulfide) groups is 1. The van der Waals surface area contributed by atoms with Crippen molar-refractivity contribution in [2.24, 2.45) is 5.41 Å². The molecule has 0 amide bonds. The fourth-order valence-electron chi connectivity index (χ4n) is 1.47. The van der Waals surface area contributed by atoms with Crippen LogP contribution in [0.25, 0.3) is 0 Å². The summed E-state index contributed by atoms with van der Waals surface area (Å²) in [6.07, 6.45) is 3.20. The lowest BCUT2D eigenvalue weighted by Gasteiger charge is -2.09. The Morgan fingerprint density at radius 2 is 2.00 bits per heavy atom. The van der Waals surface area contributed by atoms with Crippen LogP contribution in [0.2, 0.25) is 0 Å². The van der Waals surface area contributed by atoms with Crippen molar-refractivity contribution < 1.29 is 0 Å². The lowest BCUT2D eigenvalue weighted by Crippen LogP contribution is -2.01. The Morgan fingerprint density at radius 3 is 2.57 bits per heavy atom. The van der Waals surface area contributed by atoms with E-state index in [2.05, 4.69) is 30.3 Å². The lowest BCUT2D eigenvalue weighted by molar-refractivity contribution is 0.604. The summed E-state index contributed by atoms with van der Waals surface area (Å²) in [4.78, 5) is 1.32. The molecule has 1 aromatic carbocycles. The topological polar surface area (TPSA) is 23.8 Å². The van der Waals surface area contributed by atoms with E-state index >= 15 is 0 Å². The zero-order valence-electron chi connectivity index (χ0n) is 8.07. The third-order valence-electron chi connectivity index (χ3n) is 2.70. The molecule has 1 saturated carbocycles. The predicted molar refractivity (Wildman–Crippen MR) is 59.1 cm³/mol. The molecule has 72 valence electrons. The molecule has 1 aromatic rings. The Morgan fingerprint density at radius 1 is 1.29 bits per heavy atom. The first-order valence-electron chi connectivity index (χ1n) is 4.89. The van der Waals surface area contributed by atoms with E-state index in [-0.39, 0.29) is 0 Å². The van der Waals surface area contributed by atoms with Crippen molar-refractivity contribution in [2.45, 2.75) is 24.2 Å². The van der Waals surface area contributed by atoms with Gasteiger partial charge in [-0.1, -0.05) is 18.2 Å². The summed E-state index contributed by atoms with van der Waals surface area (Å²) in [5.41, 5.74) is 0.356. The van der Waals surface area contributed by atoms with Crippen LogP contribution in [-0.2, 0) is 0 Å². The van der Waals surface area contributed by atoms with E-state index in [0.29, 0.717) is 5.41 Å². The van der Waals surface area contributed by atoms with Crippen LogP contribution in [0.1, 0.15) is 19.3 Å². The minimum absolute atomic E-state index is 0.356. The summed E-state index contributed by atoms with van der Waals surface area (Å²) in [5, 5.41) is 8.68. The van der Waals surface area contributed by atoms with Gasteiger partial charge in [0.25, 0.3) is 0 Å². The zero-order chi connectivity index (χ0) is 9.86. The number of benzene rings is 1. The van der Waals surface area contributed by atoms with Gasteiger partial charge in [-0.15, -0.1) is 11.8 Å². The molecule has 1 fully saturated rings. The smallest absolute Gasteiger partial charge is 0.0627 e. The maximum absolute atomic E-state index is 8.68. The van der Waals surface area contributed by atoms with Gasteiger partial charge in [-0.3, -0.25) is 0 Å². The van der Waals surface area contributed by atoms with Crippen molar-refractivity contribution in [1.29, 1.82) is 5.26 Å². The van der Waals surface area contributed by atoms with Gasteiger partial charge in [0.05, 0.1) is 6.07 Å². The van der Waals surface area contributed by atoms with Crippen molar-refractivity contribution in [3.8, 4) is 6.07 Å². The van der Waals surface area contributed by atoms with Crippen molar-refractivity contribution in [1.82, 2.24) is 0 Å². The maximum atomic E-state index is 8.68. The molecule has 1 aliphatic carbocycles. The molecular weight excluding hydrogens is 190 g/mol. The van der Waals surface area contributed by atoms with Gasteiger partial charge < -0.3 is 0 Å². The Bertz CT molecular complexity index is 335. The molecule has 1 aliphatic rings. The molecule has 0 aromatic heterocycles. The van der Waals surface area contributed by atoms with Gasteiger partial charge in [0.2, 0.25) is 0 Å². The second-order valence-corrected chi connectivity index (χ2v) is 4.99. The lowest BCUT2D eigenvalue weighted by atomic mass is 10.1. The van der Waals surface area contributed by atoms with Crippen molar-refractivity contribution in [2.75, 3.05) is 5.75 Å². The van der Waals surface area contributed by atoms with E-state index < -0.39 is 0 Å². The number of rotatable bonds is 4. The quantitative estimate of drug-likeness (QED) is 0.700. The summed E-state index contributed by atoms with van der Waals surface area (Å²) in [5.74, 6) is 1.10. The molecule has 0 heterocycles. The fourth-order valence-corrected chi connectivity index (χ4v) is 2.68. The first-order chi connectivity index (χ1) is 6.85. The standard InChI is InChI=1S/C12H13NS/c13-9-8-12(6-7-12)10-14-11-4-2-1-3-5-11/h1-5H,6-8,10H2. The van der Waals surface area contributed by atoms with Crippen LogP contribution in [0.3, 0.4) is 0 Å². The average molecular weight is 203 g/mol. The molecule has 0 aliphatic heterocycles. The first kappa shape index (κ1) is 9.61. The molecule has 0 bridgehead atoms. The second kappa shape index (κ2) is 4.06. The summed E-state index contributed by atoms with van der Waals surface area (Å²) in [6.45, 7) is 0. The molecule has 0 unspecified atom stereocenters. The van der Waals surface area contributed by atoms with E-state index in [4.69, 9.17) is 5.26 Å². The van der Waals surface area contributed by atoms with Crippen LogP contribution in [-0.4, -0.2) is 5.75 Å². The van der Waals surface area contributed by atoms with Crippen LogP contribution >= 0.6 is 11.8 Å². The molecule has 14 heavy (non-hydrogen) atoms. The van der Waals surface area contributed by atoms with Crippen LogP contribution in [0.4, 0.5) is 0 Å². The van der Waals surface area contributed by atoms with E-state index in [1.165, 1.54) is 17.7 Å². The second-order valence-electron chi connectivity index (χ2n) is 3.94. The Balaban J connectivity index is 1.87. The fraction of sp³-hybridized carbons (Fsp3) is 0.417. The van der Waals surface area contributed by atoms with Crippen molar-refractivity contribution in [3.63, 3.8) is 0 Å². The molecule has 1 nitrogen and oxygen atoms in total. The third-order valence-corrected chi connectivity index (χ3v) is 4.06. The highest BCUT2D eigenvalue weighted by Gasteiger charge is 2.42.